The Morgan fingerprint density at radius 1 is 1.10 bits per heavy atom. The maximum atomic E-state index is 13.3. The van der Waals surface area contributed by atoms with Gasteiger partial charge in [0.05, 0.1) is 38.5 Å². The van der Waals surface area contributed by atoms with Gasteiger partial charge in [-0.3, -0.25) is 4.79 Å². The number of hydrogen-bond acceptors (Lipinski definition) is 9. The molecule has 0 bridgehead atoms. The van der Waals surface area contributed by atoms with Gasteiger partial charge in [-0.05, 0) is 25.0 Å². The monoisotopic (exact) mass is 603 g/mol. The summed E-state index contributed by atoms with van der Waals surface area (Å²) in [5.41, 5.74) is -3.30. The zero-order valence-corrected chi connectivity index (χ0v) is 22.9. The van der Waals surface area contributed by atoms with Gasteiger partial charge < -0.3 is 35.3 Å². The van der Waals surface area contributed by atoms with Crippen molar-refractivity contribution in [3.8, 4) is 5.75 Å². The van der Waals surface area contributed by atoms with Crippen molar-refractivity contribution in [1.82, 2.24) is 16.0 Å². The van der Waals surface area contributed by atoms with Crippen molar-refractivity contribution in [1.29, 1.82) is 0 Å². The third kappa shape index (κ3) is 8.01. The van der Waals surface area contributed by atoms with E-state index in [2.05, 4.69) is 26.2 Å². The van der Waals surface area contributed by atoms with Crippen LogP contribution in [0.4, 0.5) is 18.0 Å². The minimum absolute atomic E-state index is 0.0478. The molecule has 3 heterocycles. The lowest BCUT2D eigenvalue weighted by molar-refractivity contribution is -0.166. The molecule has 12 nitrogen and oxygen atoms in total. The topological polar surface area (TPSA) is 160 Å². The Labute approximate surface area is 238 Å². The second-order valence-electron chi connectivity index (χ2n) is 9.68. The fourth-order valence-corrected chi connectivity index (χ4v) is 6.18. The summed E-state index contributed by atoms with van der Waals surface area (Å²) < 4.78 is 55.9. The van der Waals surface area contributed by atoms with Crippen LogP contribution in [-0.4, -0.2) is 91.9 Å². The molecule has 3 aliphatic heterocycles. The summed E-state index contributed by atoms with van der Waals surface area (Å²) in [6.45, 7) is 1.05. The summed E-state index contributed by atoms with van der Waals surface area (Å²) in [5.74, 6) is -0.724. The molecule has 2 fully saturated rings. The molecule has 3 amide bonds. The standard InChI is InChI=1S/C25H32F3N5O7S/c26-25(27,28)24(32-33-24)15-5-6-16(22(35)36)18(13-15)40-12-11-39-10-9-38-8-7-29-20(34)4-2-1-3-19-21-17(14-41-19)30-23(37)31-21/h5-6,13,17,19,21H,1-4,7-12,14H2,(H,29,34)(H,35,36)(H2,30,31,37)/t17-,19-,21-/m0/s1. The van der Waals surface area contributed by atoms with Crippen molar-refractivity contribution in [2.45, 2.75) is 54.9 Å². The molecule has 3 aliphatic rings. The molecule has 4 N–H and O–H groups in total. The molecule has 1 aromatic carbocycles. The van der Waals surface area contributed by atoms with Crippen LogP contribution in [0.3, 0.4) is 0 Å². The number of amides is 3. The third-order valence-corrected chi connectivity index (χ3v) is 8.32. The predicted octanol–water partition coefficient (Wildman–Crippen LogP) is 2.82. The van der Waals surface area contributed by atoms with Gasteiger partial charge in [0.15, 0.2) is 0 Å². The lowest BCUT2D eigenvalue weighted by Crippen LogP contribution is -2.36. The fourth-order valence-electron chi connectivity index (χ4n) is 4.64. The Morgan fingerprint density at radius 3 is 2.54 bits per heavy atom. The number of carbonyl (C=O) groups is 3. The number of ether oxygens (including phenoxy) is 3. The summed E-state index contributed by atoms with van der Waals surface area (Å²) in [6.07, 6.45) is -1.69. The van der Waals surface area contributed by atoms with Gasteiger partial charge in [-0.25, -0.2) is 9.59 Å². The minimum atomic E-state index is -4.74. The molecule has 0 aliphatic carbocycles. The molecule has 0 radical (unpaired) electrons. The zero-order chi connectivity index (χ0) is 29.5. The summed E-state index contributed by atoms with van der Waals surface area (Å²) >= 11 is 1.85. The van der Waals surface area contributed by atoms with Crippen LogP contribution in [0.25, 0.3) is 0 Å². The van der Waals surface area contributed by atoms with E-state index in [1.54, 1.807) is 0 Å². The molecule has 0 spiro atoms. The lowest BCUT2D eigenvalue weighted by Gasteiger charge is -2.17. The Kier molecular flexibility index (Phi) is 10.3. The number of benzene rings is 1. The zero-order valence-electron chi connectivity index (χ0n) is 22.1. The van der Waals surface area contributed by atoms with E-state index in [1.807, 2.05) is 11.8 Å². The largest absolute Gasteiger partial charge is 0.490 e. The van der Waals surface area contributed by atoms with Crippen molar-refractivity contribution >= 4 is 29.7 Å². The number of aromatic carboxylic acids is 1. The van der Waals surface area contributed by atoms with E-state index in [4.69, 9.17) is 14.2 Å². The van der Waals surface area contributed by atoms with Gasteiger partial charge in [0.1, 0.15) is 17.9 Å². The van der Waals surface area contributed by atoms with Gasteiger partial charge in [-0.2, -0.15) is 24.9 Å². The Balaban J connectivity index is 1.01. The average Bonchev–Trinajstić information content (AvgIpc) is 3.56. The first-order chi connectivity index (χ1) is 19.6. The summed E-state index contributed by atoms with van der Waals surface area (Å²) in [5, 5.41) is 24.6. The van der Waals surface area contributed by atoms with Gasteiger partial charge in [0.25, 0.3) is 0 Å². The molecule has 2 saturated heterocycles. The second-order valence-corrected chi connectivity index (χ2v) is 10.9. The van der Waals surface area contributed by atoms with E-state index in [9.17, 15) is 32.7 Å². The molecule has 0 unspecified atom stereocenters. The number of carbonyl (C=O) groups excluding carboxylic acids is 2. The molecule has 41 heavy (non-hydrogen) atoms. The van der Waals surface area contributed by atoms with Gasteiger partial charge >= 0.3 is 23.8 Å². The quantitative estimate of drug-likeness (QED) is 0.156. The number of nitrogens with one attached hydrogen (secondary N) is 3. The molecule has 226 valence electrons. The highest BCUT2D eigenvalue weighted by molar-refractivity contribution is 8.00. The number of carboxylic acids is 1. The van der Waals surface area contributed by atoms with Crippen LogP contribution in [0.1, 0.15) is 41.6 Å². The first-order valence-electron chi connectivity index (χ1n) is 13.2. The van der Waals surface area contributed by atoms with E-state index in [-0.39, 0.29) is 67.3 Å². The fraction of sp³-hybridized carbons (Fsp3) is 0.640. The predicted molar refractivity (Wildman–Crippen MR) is 140 cm³/mol. The molecule has 3 atom stereocenters. The number of hydrogen-bond donors (Lipinski definition) is 4. The number of nitrogens with zero attached hydrogens (tertiary/aromatic N) is 2. The van der Waals surface area contributed by atoms with E-state index in [0.29, 0.717) is 24.8 Å². The number of rotatable bonds is 17. The van der Waals surface area contributed by atoms with E-state index in [0.717, 1.165) is 43.2 Å². The Bertz CT molecular complexity index is 1130. The van der Waals surface area contributed by atoms with Crippen LogP contribution in [0, 0.1) is 0 Å². The van der Waals surface area contributed by atoms with E-state index >= 15 is 0 Å². The number of fused-ring (bicyclic) bond motifs is 1. The second kappa shape index (κ2) is 13.7. The SMILES string of the molecule is O=C(CCCC[C@@H]1SC[C@@H]2NC(=O)N[C@@H]21)NCCOCCOCCOc1cc(C2(C(F)(F)F)N=N2)ccc1C(=O)O. The summed E-state index contributed by atoms with van der Waals surface area (Å²) in [7, 11) is 0. The highest BCUT2D eigenvalue weighted by Gasteiger charge is 2.65. The van der Waals surface area contributed by atoms with Gasteiger partial charge in [-0.1, -0.05) is 12.5 Å². The van der Waals surface area contributed by atoms with Crippen molar-refractivity contribution < 1.29 is 46.9 Å². The highest BCUT2D eigenvalue weighted by atomic mass is 32.2. The third-order valence-electron chi connectivity index (χ3n) is 6.82. The number of carboxylic acid groups (broad SMARTS) is 1. The van der Waals surface area contributed by atoms with Crippen LogP contribution in [0.15, 0.2) is 28.4 Å². The minimum Gasteiger partial charge on any atom is -0.490 e. The van der Waals surface area contributed by atoms with Crippen LogP contribution < -0.4 is 20.7 Å². The number of thioether (sulfide) groups is 1. The lowest BCUT2D eigenvalue weighted by atomic mass is 10.0. The van der Waals surface area contributed by atoms with Crippen LogP contribution in [0.2, 0.25) is 0 Å². The van der Waals surface area contributed by atoms with Crippen molar-refractivity contribution in [3.63, 3.8) is 0 Å². The number of unbranched alkanes of at least 4 members (excludes halogenated alkanes) is 1. The number of urea groups is 1. The van der Waals surface area contributed by atoms with Crippen molar-refractivity contribution in [2.24, 2.45) is 10.2 Å². The first kappa shape index (κ1) is 30.8. The smallest absolute Gasteiger partial charge is 0.442 e. The first-order valence-corrected chi connectivity index (χ1v) is 14.3. The molecule has 16 heteroatoms. The van der Waals surface area contributed by atoms with Gasteiger partial charge in [0, 0.05) is 29.5 Å². The maximum absolute atomic E-state index is 13.3. The van der Waals surface area contributed by atoms with E-state index < -0.39 is 17.8 Å². The van der Waals surface area contributed by atoms with Crippen LogP contribution in [-0.2, 0) is 19.9 Å². The van der Waals surface area contributed by atoms with Crippen molar-refractivity contribution in [2.75, 3.05) is 45.3 Å². The van der Waals surface area contributed by atoms with Gasteiger partial charge in [0.2, 0.25) is 5.91 Å². The normalized spacial score (nSPS) is 22.1. The molecule has 0 aromatic heterocycles. The van der Waals surface area contributed by atoms with Crippen LogP contribution in [0.5, 0.6) is 5.75 Å². The maximum Gasteiger partial charge on any atom is 0.442 e. The number of alkyl halides is 3. The van der Waals surface area contributed by atoms with Crippen LogP contribution >= 0.6 is 11.8 Å². The molecular weight excluding hydrogens is 571 g/mol. The molecule has 1 aromatic rings. The van der Waals surface area contributed by atoms with Gasteiger partial charge in [-0.15, -0.1) is 10.2 Å². The highest BCUT2D eigenvalue weighted by Crippen LogP contribution is 2.53. The Morgan fingerprint density at radius 2 is 1.83 bits per heavy atom. The summed E-state index contributed by atoms with van der Waals surface area (Å²) in [6, 6.07) is 3.29. The molecule has 0 saturated carbocycles. The molecule has 4 rings (SSSR count). The molecular formula is C25H32F3N5O7S. The average molecular weight is 604 g/mol. The summed E-state index contributed by atoms with van der Waals surface area (Å²) in [4.78, 5) is 34.9. The number of halogens is 3. The van der Waals surface area contributed by atoms with E-state index in [1.165, 1.54) is 0 Å². The Hall–Kier alpha value is -3.11. The van der Waals surface area contributed by atoms with Crippen molar-refractivity contribution in [3.05, 3.63) is 29.3 Å².